The monoisotopic (exact) mass is 329 g/mol. The topological polar surface area (TPSA) is 72.2 Å². The minimum Gasteiger partial charge on any atom is -0.353 e. The predicted molar refractivity (Wildman–Crippen MR) is 92.7 cm³/mol. The van der Waals surface area contributed by atoms with Crippen LogP contribution in [-0.4, -0.2) is 31.5 Å². The number of aryl methyl sites for hydroxylation is 2. The fraction of sp³-hybridized carbons (Fsp3) is 0.667. The van der Waals surface area contributed by atoms with Crippen molar-refractivity contribution in [1.29, 1.82) is 0 Å². The molecule has 1 amide bonds. The number of nitrogens with zero attached hydrogens (tertiary/aromatic N) is 4. The lowest BCUT2D eigenvalue weighted by Gasteiger charge is -2.34. The first kappa shape index (κ1) is 16.9. The molecular weight excluding hydrogens is 302 g/mol. The Labute approximate surface area is 143 Å². The van der Waals surface area contributed by atoms with Crippen LogP contribution in [0.4, 0.5) is 0 Å². The zero-order valence-corrected chi connectivity index (χ0v) is 15.0. The van der Waals surface area contributed by atoms with Gasteiger partial charge in [0.1, 0.15) is 6.33 Å². The number of aromatic nitrogens is 4. The molecule has 0 spiro atoms. The third-order valence-electron chi connectivity index (χ3n) is 5.64. The van der Waals surface area contributed by atoms with Crippen LogP contribution in [-0.2, 0) is 11.2 Å². The van der Waals surface area contributed by atoms with E-state index < -0.39 is 0 Å². The van der Waals surface area contributed by atoms with Crippen molar-refractivity contribution in [2.75, 3.05) is 0 Å². The normalized spacial score (nSPS) is 24.2. The van der Waals surface area contributed by atoms with Gasteiger partial charge < -0.3 is 5.32 Å². The van der Waals surface area contributed by atoms with Gasteiger partial charge in [0, 0.05) is 23.9 Å². The summed E-state index contributed by atoms with van der Waals surface area (Å²) in [6.07, 6.45) is 6.26. The molecule has 6 nitrogen and oxygen atoms in total. The molecule has 0 radical (unpaired) electrons. The molecule has 24 heavy (non-hydrogen) atoms. The molecule has 2 heterocycles. The molecule has 0 saturated heterocycles. The summed E-state index contributed by atoms with van der Waals surface area (Å²) in [5.74, 6) is 1.99. The second-order valence-electron chi connectivity index (χ2n) is 7.17. The molecule has 1 fully saturated rings. The number of nitrogens with one attached hydrogen (secondary N) is 1. The Balaban J connectivity index is 1.64. The van der Waals surface area contributed by atoms with Gasteiger partial charge in [0.2, 0.25) is 5.91 Å². The fourth-order valence-electron chi connectivity index (χ4n) is 3.82. The first-order valence-corrected chi connectivity index (χ1v) is 8.92. The number of carbonyl (C=O) groups is 1. The summed E-state index contributed by atoms with van der Waals surface area (Å²) in [6.45, 7) is 8.52. The van der Waals surface area contributed by atoms with E-state index in [0.29, 0.717) is 36.5 Å². The summed E-state index contributed by atoms with van der Waals surface area (Å²) in [4.78, 5) is 21.0. The molecule has 2 aromatic heterocycles. The van der Waals surface area contributed by atoms with Crippen LogP contribution in [0.2, 0.25) is 0 Å². The van der Waals surface area contributed by atoms with Gasteiger partial charge in [0.25, 0.3) is 5.78 Å². The van der Waals surface area contributed by atoms with Gasteiger partial charge in [0.15, 0.2) is 0 Å². The van der Waals surface area contributed by atoms with Crippen molar-refractivity contribution >= 4 is 11.7 Å². The van der Waals surface area contributed by atoms with E-state index in [4.69, 9.17) is 0 Å². The van der Waals surface area contributed by atoms with Crippen LogP contribution in [0, 0.1) is 25.7 Å². The lowest BCUT2D eigenvalue weighted by Crippen LogP contribution is -2.43. The van der Waals surface area contributed by atoms with Crippen LogP contribution < -0.4 is 5.32 Å². The summed E-state index contributed by atoms with van der Waals surface area (Å²) in [7, 11) is 0. The second-order valence-corrected chi connectivity index (χ2v) is 7.17. The molecule has 6 heteroatoms. The molecule has 130 valence electrons. The maximum atomic E-state index is 12.4. The van der Waals surface area contributed by atoms with E-state index in [1.165, 1.54) is 19.2 Å². The Hall–Kier alpha value is -1.98. The summed E-state index contributed by atoms with van der Waals surface area (Å²) < 4.78 is 1.74. The standard InChI is InChI=1S/C18H27N5O/c1-11-6-5-7-16(12(11)2)22-17(24)9-8-15-13(3)21-18-19-10-20-23(18)14(15)4/h10-12,16H,5-9H2,1-4H3,(H,22,24)/t11-,12-,16+/m0/s1. The van der Waals surface area contributed by atoms with Crippen LogP contribution in [0.25, 0.3) is 5.78 Å². The molecule has 3 rings (SSSR count). The number of fused-ring (bicyclic) bond motifs is 1. The molecule has 0 unspecified atom stereocenters. The van der Waals surface area contributed by atoms with Gasteiger partial charge in [-0.05, 0) is 44.1 Å². The Morgan fingerprint density at radius 2 is 2.12 bits per heavy atom. The number of rotatable bonds is 4. The van der Waals surface area contributed by atoms with Crippen molar-refractivity contribution in [3.63, 3.8) is 0 Å². The molecule has 1 aliphatic rings. The summed E-state index contributed by atoms with van der Waals surface area (Å²) >= 11 is 0. The highest BCUT2D eigenvalue weighted by Crippen LogP contribution is 2.29. The van der Waals surface area contributed by atoms with Gasteiger partial charge in [-0.3, -0.25) is 4.79 Å². The highest BCUT2D eigenvalue weighted by atomic mass is 16.1. The van der Waals surface area contributed by atoms with Gasteiger partial charge >= 0.3 is 0 Å². The van der Waals surface area contributed by atoms with E-state index in [9.17, 15) is 4.79 Å². The average molecular weight is 329 g/mol. The number of amides is 1. The van der Waals surface area contributed by atoms with E-state index in [-0.39, 0.29) is 5.91 Å². The van der Waals surface area contributed by atoms with Crippen LogP contribution in [0.3, 0.4) is 0 Å². The maximum Gasteiger partial charge on any atom is 0.252 e. The SMILES string of the molecule is Cc1nc2ncnn2c(C)c1CCC(=O)N[C@@H]1CCC[C@H](C)[C@@H]1C. The van der Waals surface area contributed by atoms with Crippen LogP contribution >= 0.6 is 0 Å². The first-order valence-electron chi connectivity index (χ1n) is 8.92. The molecule has 1 saturated carbocycles. The number of hydrogen-bond donors (Lipinski definition) is 1. The van der Waals surface area contributed by atoms with E-state index in [1.54, 1.807) is 4.52 Å². The second kappa shape index (κ2) is 6.87. The number of hydrogen-bond acceptors (Lipinski definition) is 4. The Morgan fingerprint density at radius 1 is 1.33 bits per heavy atom. The van der Waals surface area contributed by atoms with Gasteiger partial charge in [-0.25, -0.2) is 9.50 Å². The zero-order chi connectivity index (χ0) is 17.3. The lowest BCUT2D eigenvalue weighted by molar-refractivity contribution is -0.122. The van der Waals surface area contributed by atoms with E-state index in [0.717, 1.165) is 23.4 Å². The number of carbonyl (C=O) groups excluding carboxylic acids is 1. The highest BCUT2D eigenvalue weighted by molar-refractivity contribution is 5.76. The van der Waals surface area contributed by atoms with Gasteiger partial charge in [-0.2, -0.15) is 10.1 Å². The first-order chi connectivity index (χ1) is 11.5. The molecule has 1 aliphatic carbocycles. The molecule has 1 N–H and O–H groups in total. The van der Waals surface area contributed by atoms with Crippen molar-refractivity contribution < 1.29 is 4.79 Å². The minimum absolute atomic E-state index is 0.137. The van der Waals surface area contributed by atoms with E-state index >= 15 is 0 Å². The fourth-order valence-corrected chi connectivity index (χ4v) is 3.82. The summed E-state index contributed by atoms with van der Waals surface area (Å²) in [5, 5.41) is 7.45. The van der Waals surface area contributed by atoms with Gasteiger partial charge in [-0.1, -0.05) is 26.7 Å². The average Bonchev–Trinajstić information content (AvgIpc) is 3.00. The van der Waals surface area contributed by atoms with Crippen molar-refractivity contribution in [1.82, 2.24) is 24.9 Å². The Morgan fingerprint density at radius 3 is 2.92 bits per heavy atom. The third kappa shape index (κ3) is 3.28. The highest BCUT2D eigenvalue weighted by Gasteiger charge is 2.28. The van der Waals surface area contributed by atoms with Crippen molar-refractivity contribution in [2.45, 2.75) is 65.8 Å². The largest absolute Gasteiger partial charge is 0.353 e. The van der Waals surface area contributed by atoms with Crippen LogP contribution in [0.1, 0.15) is 56.5 Å². The van der Waals surface area contributed by atoms with Gasteiger partial charge in [0.05, 0.1) is 0 Å². The Kier molecular flexibility index (Phi) is 4.83. The molecule has 2 aromatic rings. The third-order valence-corrected chi connectivity index (χ3v) is 5.64. The minimum atomic E-state index is 0.137. The molecule has 0 aromatic carbocycles. The molecule has 3 atom stereocenters. The summed E-state index contributed by atoms with van der Waals surface area (Å²) in [6, 6.07) is 0.319. The zero-order valence-electron chi connectivity index (χ0n) is 15.0. The van der Waals surface area contributed by atoms with Crippen molar-refractivity contribution in [3.05, 3.63) is 23.3 Å². The molecular formula is C18H27N5O. The van der Waals surface area contributed by atoms with Gasteiger partial charge in [-0.15, -0.1) is 0 Å². The van der Waals surface area contributed by atoms with E-state index in [1.807, 2.05) is 13.8 Å². The molecule has 0 bridgehead atoms. The van der Waals surface area contributed by atoms with Crippen molar-refractivity contribution in [3.8, 4) is 0 Å². The predicted octanol–water partition coefficient (Wildman–Crippen LogP) is 2.61. The molecule has 0 aliphatic heterocycles. The quantitative estimate of drug-likeness (QED) is 0.936. The lowest BCUT2D eigenvalue weighted by atomic mass is 9.78. The van der Waals surface area contributed by atoms with Crippen molar-refractivity contribution in [2.24, 2.45) is 11.8 Å². The van der Waals surface area contributed by atoms with E-state index in [2.05, 4.69) is 34.2 Å². The smallest absolute Gasteiger partial charge is 0.252 e. The maximum absolute atomic E-state index is 12.4. The Bertz CT molecular complexity index is 738. The van der Waals surface area contributed by atoms with Crippen LogP contribution in [0.15, 0.2) is 6.33 Å². The summed E-state index contributed by atoms with van der Waals surface area (Å²) in [5.41, 5.74) is 3.04. The van der Waals surface area contributed by atoms with Crippen LogP contribution in [0.5, 0.6) is 0 Å².